The number of esters is 1. The van der Waals surface area contributed by atoms with E-state index in [2.05, 4.69) is 9.72 Å². The SMILES string of the molecule is CCOC(=O)Cc1cc(F)ncc1C(F)F. The molecule has 0 saturated heterocycles. The number of nitrogens with zero attached hydrogens (tertiary/aromatic N) is 1. The molecule has 1 rings (SSSR count). The summed E-state index contributed by atoms with van der Waals surface area (Å²) in [4.78, 5) is 14.2. The number of ether oxygens (including phenoxy) is 1. The Hall–Kier alpha value is -1.59. The summed E-state index contributed by atoms with van der Waals surface area (Å²) < 4.78 is 42.3. The molecule has 0 saturated carbocycles. The van der Waals surface area contributed by atoms with E-state index in [0.29, 0.717) is 0 Å². The lowest BCUT2D eigenvalue weighted by molar-refractivity contribution is -0.142. The first-order valence-corrected chi connectivity index (χ1v) is 4.62. The van der Waals surface area contributed by atoms with E-state index in [-0.39, 0.29) is 18.6 Å². The average Bonchev–Trinajstić information content (AvgIpc) is 2.17. The van der Waals surface area contributed by atoms with E-state index in [0.717, 1.165) is 12.3 Å². The lowest BCUT2D eigenvalue weighted by atomic mass is 10.1. The summed E-state index contributed by atoms with van der Waals surface area (Å²) in [6.45, 7) is 1.75. The van der Waals surface area contributed by atoms with Gasteiger partial charge >= 0.3 is 5.97 Å². The lowest BCUT2D eigenvalue weighted by Gasteiger charge is -2.07. The molecule has 3 nitrogen and oxygen atoms in total. The molecule has 0 unspecified atom stereocenters. The van der Waals surface area contributed by atoms with Gasteiger partial charge in [0.25, 0.3) is 6.43 Å². The van der Waals surface area contributed by atoms with E-state index in [1.807, 2.05) is 0 Å². The van der Waals surface area contributed by atoms with Crippen LogP contribution in [0.5, 0.6) is 0 Å². The fourth-order valence-electron chi connectivity index (χ4n) is 1.20. The normalized spacial score (nSPS) is 10.6. The van der Waals surface area contributed by atoms with Gasteiger partial charge in [-0.25, -0.2) is 13.8 Å². The zero-order valence-corrected chi connectivity index (χ0v) is 8.54. The molecular formula is C10H10F3NO2. The standard InChI is InChI=1S/C10H10F3NO2/c1-2-16-9(15)4-6-3-8(11)14-5-7(6)10(12)13/h3,5,10H,2,4H2,1H3. The zero-order valence-electron chi connectivity index (χ0n) is 8.54. The first-order valence-electron chi connectivity index (χ1n) is 4.62. The topological polar surface area (TPSA) is 39.2 Å². The van der Waals surface area contributed by atoms with Crippen LogP contribution in [-0.2, 0) is 16.0 Å². The van der Waals surface area contributed by atoms with E-state index < -0.39 is 23.9 Å². The van der Waals surface area contributed by atoms with Crippen molar-refractivity contribution >= 4 is 5.97 Å². The van der Waals surface area contributed by atoms with Crippen LogP contribution in [0.1, 0.15) is 24.5 Å². The second-order valence-corrected chi connectivity index (χ2v) is 2.99. The van der Waals surface area contributed by atoms with Gasteiger partial charge in [-0.2, -0.15) is 4.39 Å². The molecule has 1 aromatic heterocycles. The zero-order chi connectivity index (χ0) is 12.1. The predicted octanol–water partition coefficient (Wildman–Crippen LogP) is 2.26. The molecule has 0 aliphatic rings. The molecule has 0 aromatic carbocycles. The first-order chi connectivity index (χ1) is 7.54. The Balaban J connectivity index is 2.92. The van der Waals surface area contributed by atoms with Gasteiger partial charge in [0.2, 0.25) is 5.95 Å². The number of carbonyl (C=O) groups is 1. The van der Waals surface area contributed by atoms with E-state index in [9.17, 15) is 18.0 Å². The van der Waals surface area contributed by atoms with Crippen LogP contribution in [0.15, 0.2) is 12.3 Å². The maximum Gasteiger partial charge on any atom is 0.310 e. The monoisotopic (exact) mass is 233 g/mol. The molecule has 1 aromatic rings. The molecule has 1 heterocycles. The van der Waals surface area contributed by atoms with Gasteiger partial charge in [0, 0.05) is 11.8 Å². The highest BCUT2D eigenvalue weighted by Crippen LogP contribution is 2.23. The van der Waals surface area contributed by atoms with Crippen LogP contribution < -0.4 is 0 Å². The predicted molar refractivity (Wildman–Crippen MR) is 49.5 cm³/mol. The van der Waals surface area contributed by atoms with Gasteiger partial charge in [-0.15, -0.1) is 0 Å². The van der Waals surface area contributed by atoms with Gasteiger partial charge in [0.05, 0.1) is 13.0 Å². The third-order valence-corrected chi connectivity index (χ3v) is 1.87. The molecular weight excluding hydrogens is 223 g/mol. The fraction of sp³-hybridized carbons (Fsp3) is 0.400. The third kappa shape index (κ3) is 3.22. The van der Waals surface area contributed by atoms with Gasteiger partial charge in [-0.05, 0) is 18.6 Å². The Bertz CT molecular complexity index is 382. The number of hydrogen-bond acceptors (Lipinski definition) is 3. The van der Waals surface area contributed by atoms with Crippen molar-refractivity contribution in [2.45, 2.75) is 19.8 Å². The molecule has 16 heavy (non-hydrogen) atoms. The number of aromatic nitrogens is 1. The van der Waals surface area contributed by atoms with Crippen molar-refractivity contribution in [3.8, 4) is 0 Å². The first kappa shape index (κ1) is 12.5. The van der Waals surface area contributed by atoms with E-state index in [4.69, 9.17) is 0 Å². The smallest absolute Gasteiger partial charge is 0.310 e. The number of pyridine rings is 1. The van der Waals surface area contributed by atoms with Crippen molar-refractivity contribution in [3.05, 3.63) is 29.3 Å². The fourth-order valence-corrected chi connectivity index (χ4v) is 1.20. The number of hydrogen-bond donors (Lipinski definition) is 0. The number of halogens is 3. The average molecular weight is 233 g/mol. The number of rotatable bonds is 4. The van der Waals surface area contributed by atoms with Crippen molar-refractivity contribution in [3.63, 3.8) is 0 Å². The minimum absolute atomic E-state index is 0.0963. The van der Waals surface area contributed by atoms with Crippen molar-refractivity contribution in [2.75, 3.05) is 6.61 Å². The summed E-state index contributed by atoms with van der Waals surface area (Å²) in [5, 5.41) is 0. The summed E-state index contributed by atoms with van der Waals surface area (Å²) in [5.41, 5.74) is -0.546. The Morgan fingerprint density at radius 3 is 2.81 bits per heavy atom. The van der Waals surface area contributed by atoms with Gasteiger partial charge < -0.3 is 4.74 Å². The molecule has 88 valence electrons. The van der Waals surface area contributed by atoms with Crippen LogP contribution in [0.2, 0.25) is 0 Å². The summed E-state index contributed by atoms with van der Waals surface area (Å²) in [6, 6.07) is 0.818. The van der Waals surface area contributed by atoms with E-state index >= 15 is 0 Å². The van der Waals surface area contributed by atoms with Crippen LogP contribution in [0, 0.1) is 5.95 Å². The Morgan fingerprint density at radius 1 is 1.56 bits per heavy atom. The van der Waals surface area contributed by atoms with Crippen LogP contribution >= 0.6 is 0 Å². The van der Waals surface area contributed by atoms with Crippen molar-refractivity contribution in [1.82, 2.24) is 4.98 Å². The summed E-state index contributed by atoms with van der Waals surface area (Å²) in [7, 11) is 0. The summed E-state index contributed by atoms with van der Waals surface area (Å²) >= 11 is 0. The molecule has 0 bridgehead atoms. The van der Waals surface area contributed by atoms with Crippen molar-refractivity contribution in [2.24, 2.45) is 0 Å². The van der Waals surface area contributed by atoms with Crippen molar-refractivity contribution in [1.29, 1.82) is 0 Å². The van der Waals surface area contributed by atoms with Crippen LogP contribution in [-0.4, -0.2) is 17.6 Å². The Labute approximate surface area is 90.2 Å². The highest BCUT2D eigenvalue weighted by Gasteiger charge is 2.17. The minimum atomic E-state index is -2.79. The molecule has 0 amide bonds. The molecule has 0 N–H and O–H groups in total. The summed E-state index contributed by atoms with van der Waals surface area (Å²) in [5.74, 6) is -1.57. The summed E-state index contributed by atoms with van der Waals surface area (Å²) in [6.07, 6.45) is -2.45. The van der Waals surface area contributed by atoms with Crippen molar-refractivity contribution < 1.29 is 22.7 Å². The second kappa shape index (κ2) is 5.48. The molecule has 0 fully saturated rings. The van der Waals surface area contributed by atoms with Gasteiger partial charge in [0.15, 0.2) is 0 Å². The maximum atomic E-state index is 12.7. The van der Waals surface area contributed by atoms with E-state index in [1.165, 1.54) is 0 Å². The largest absolute Gasteiger partial charge is 0.466 e. The van der Waals surface area contributed by atoms with Crippen LogP contribution in [0.4, 0.5) is 13.2 Å². The quantitative estimate of drug-likeness (QED) is 0.591. The van der Waals surface area contributed by atoms with Gasteiger partial charge in [-0.3, -0.25) is 4.79 Å². The highest BCUT2D eigenvalue weighted by atomic mass is 19.3. The van der Waals surface area contributed by atoms with Gasteiger partial charge in [-0.1, -0.05) is 0 Å². The minimum Gasteiger partial charge on any atom is -0.466 e. The van der Waals surface area contributed by atoms with Crippen LogP contribution in [0.25, 0.3) is 0 Å². The van der Waals surface area contributed by atoms with Gasteiger partial charge in [0.1, 0.15) is 0 Å². The second-order valence-electron chi connectivity index (χ2n) is 2.99. The molecule has 0 aliphatic heterocycles. The number of alkyl halides is 2. The molecule has 6 heteroatoms. The third-order valence-electron chi connectivity index (χ3n) is 1.87. The lowest BCUT2D eigenvalue weighted by Crippen LogP contribution is -2.10. The molecule has 0 spiro atoms. The highest BCUT2D eigenvalue weighted by molar-refractivity contribution is 5.73. The molecule has 0 atom stereocenters. The number of carbonyl (C=O) groups excluding carboxylic acids is 1. The Morgan fingerprint density at radius 2 is 2.25 bits per heavy atom. The van der Waals surface area contributed by atoms with E-state index in [1.54, 1.807) is 6.92 Å². The maximum absolute atomic E-state index is 12.7. The van der Waals surface area contributed by atoms with Crippen LogP contribution in [0.3, 0.4) is 0 Å². The Kier molecular flexibility index (Phi) is 4.28. The molecule has 0 radical (unpaired) electrons. The molecule has 0 aliphatic carbocycles.